The van der Waals surface area contributed by atoms with Crippen LogP contribution in [0.4, 0.5) is 0 Å². The van der Waals surface area contributed by atoms with Crippen molar-refractivity contribution >= 4 is 0 Å². The minimum Gasteiger partial charge on any atom is -0.330 e. The molecule has 2 heteroatoms. The largest absolute Gasteiger partial charge is 0.330 e. The van der Waals surface area contributed by atoms with E-state index in [4.69, 9.17) is 5.73 Å². The van der Waals surface area contributed by atoms with Crippen molar-refractivity contribution in [1.29, 1.82) is 0 Å². The van der Waals surface area contributed by atoms with Crippen LogP contribution in [-0.2, 0) is 0 Å². The molecule has 0 spiro atoms. The first kappa shape index (κ1) is 14.0. The summed E-state index contributed by atoms with van der Waals surface area (Å²) in [6.45, 7) is 7.87. The second-order valence-electron chi connectivity index (χ2n) is 5.85. The molecule has 3 N–H and O–H groups in total. The van der Waals surface area contributed by atoms with Gasteiger partial charge in [-0.25, -0.2) is 0 Å². The molecule has 2 nitrogen and oxygen atoms in total. The van der Waals surface area contributed by atoms with E-state index in [1.807, 2.05) is 0 Å². The van der Waals surface area contributed by atoms with E-state index >= 15 is 0 Å². The maximum atomic E-state index is 5.71. The zero-order valence-electron chi connectivity index (χ0n) is 11.2. The molecule has 0 radical (unpaired) electrons. The van der Waals surface area contributed by atoms with Gasteiger partial charge in [0, 0.05) is 6.54 Å². The lowest BCUT2D eigenvalue weighted by Crippen LogP contribution is -2.34. The Bertz CT molecular complexity index is 170. The van der Waals surface area contributed by atoms with E-state index in [1.165, 1.54) is 51.5 Å². The average molecular weight is 226 g/mol. The molecule has 1 atom stereocenters. The van der Waals surface area contributed by atoms with Crippen LogP contribution in [-0.4, -0.2) is 19.6 Å². The lowest BCUT2D eigenvalue weighted by molar-refractivity contribution is 0.206. The first-order valence-corrected chi connectivity index (χ1v) is 7.11. The molecule has 1 aliphatic rings. The fraction of sp³-hybridized carbons (Fsp3) is 1.00. The Morgan fingerprint density at radius 1 is 1.25 bits per heavy atom. The number of rotatable bonds is 7. The van der Waals surface area contributed by atoms with Crippen LogP contribution in [0.25, 0.3) is 0 Å². The highest BCUT2D eigenvalue weighted by Crippen LogP contribution is 2.34. The average Bonchev–Trinajstić information content (AvgIpc) is 2.30. The van der Waals surface area contributed by atoms with E-state index in [0.717, 1.165) is 13.1 Å². The molecule has 1 rings (SSSR count). The van der Waals surface area contributed by atoms with Gasteiger partial charge >= 0.3 is 0 Å². The topological polar surface area (TPSA) is 38.0 Å². The van der Waals surface area contributed by atoms with Gasteiger partial charge in [-0.2, -0.15) is 0 Å². The van der Waals surface area contributed by atoms with Crippen LogP contribution < -0.4 is 11.1 Å². The molecule has 0 heterocycles. The summed E-state index contributed by atoms with van der Waals surface area (Å²) in [7, 11) is 0. The summed E-state index contributed by atoms with van der Waals surface area (Å²) >= 11 is 0. The Kier molecular flexibility index (Phi) is 6.37. The van der Waals surface area contributed by atoms with Gasteiger partial charge in [0.15, 0.2) is 0 Å². The third-order valence-electron chi connectivity index (χ3n) is 4.25. The summed E-state index contributed by atoms with van der Waals surface area (Å²) in [6.07, 6.45) is 9.58. The van der Waals surface area contributed by atoms with Crippen LogP contribution in [0, 0.1) is 11.3 Å². The zero-order chi connectivity index (χ0) is 11.9. The summed E-state index contributed by atoms with van der Waals surface area (Å²) in [4.78, 5) is 0. The first-order chi connectivity index (χ1) is 7.70. The quantitative estimate of drug-likeness (QED) is 0.655. The van der Waals surface area contributed by atoms with E-state index in [1.54, 1.807) is 0 Å². The van der Waals surface area contributed by atoms with Gasteiger partial charge in [-0.1, -0.05) is 39.5 Å². The maximum absolute atomic E-state index is 5.71. The Morgan fingerprint density at radius 2 is 1.94 bits per heavy atom. The third kappa shape index (κ3) is 4.84. The molecule has 0 aromatic rings. The zero-order valence-corrected chi connectivity index (χ0v) is 11.2. The van der Waals surface area contributed by atoms with E-state index in [-0.39, 0.29) is 0 Å². The SMILES string of the molecule is CCC(CN)CCNCC1(C)CCCCC1. The van der Waals surface area contributed by atoms with Gasteiger partial charge < -0.3 is 11.1 Å². The molecule has 1 fully saturated rings. The monoisotopic (exact) mass is 226 g/mol. The highest BCUT2D eigenvalue weighted by molar-refractivity contribution is 4.80. The molecule has 0 aliphatic heterocycles. The smallest absolute Gasteiger partial charge is 0.000516 e. The fourth-order valence-corrected chi connectivity index (χ4v) is 2.77. The van der Waals surface area contributed by atoms with Crippen LogP contribution in [0.5, 0.6) is 0 Å². The molecular weight excluding hydrogens is 196 g/mol. The highest BCUT2D eigenvalue weighted by atomic mass is 14.9. The Hall–Kier alpha value is -0.0800. The Balaban J connectivity index is 2.09. The maximum Gasteiger partial charge on any atom is 0.000516 e. The van der Waals surface area contributed by atoms with Crippen molar-refractivity contribution in [1.82, 2.24) is 5.32 Å². The normalized spacial score (nSPS) is 21.9. The molecule has 0 amide bonds. The van der Waals surface area contributed by atoms with E-state index in [9.17, 15) is 0 Å². The van der Waals surface area contributed by atoms with Crippen LogP contribution in [0.1, 0.15) is 58.8 Å². The molecule has 1 saturated carbocycles. The van der Waals surface area contributed by atoms with Gasteiger partial charge in [-0.15, -0.1) is 0 Å². The van der Waals surface area contributed by atoms with Gasteiger partial charge in [-0.05, 0) is 43.7 Å². The standard InChI is InChI=1S/C14H30N2/c1-3-13(11-15)7-10-16-12-14(2)8-5-4-6-9-14/h13,16H,3-12,15H2,1-2H3. The number of nitrogens with two attached hydrogens (primary N) is 1. The van der Waals surface area contributed by atoms with Crippen LogP contribution in [0.3, 0.4) is 0 Å². The van der Waals surface area contributed by atoms with Crippen molar-refractivity contribution in [3.05, 3.63) is 0 Å². The van der Waals surface area contributed by atoms with Crippen molar-refractivity contribution in [2.75, 3.05) is 19.6 Å². The predicted molar refractivity (Wildman–Crippen MR) is 71.5 cm³/mol. The summed E-state index contributed by atoms with van der Waals surface area (Å²) < 4.78 is 0. The summed E-state index contributed by atoms with van der Waals surface area (Å²) in [5.74, 6) is 0.715. The highest BCUT2D eigenvalue weighted by Gasteiger charge is 2.25. The van der Waals surface area contributed by atoms with Gasteiger partial charge in [0.2, 0.25) is 0 Å². The summed E-state index contributed by atoms with van der Waals surface area (Å²) in [5.41, 5.74) is 6.28. The predicted octanol–water partition coefficient (Wildman–Crippen LogP) is 2.92. The molecule has 0 bridgehead atoms. The van der Waals surface area contributed by atoms with E-state index < -0.39 is 0 Å². The van der Waals surface area contributed by atoms with Gasteiger partial charge in [-0.3, -0.25) is 0 Å². The minimum atomic E-state index is 0.572. The fourth-order valence-electron chi connectivity index (χ4n) is 2.77. The molecule has 0 aromatic carbocycles. The van der Waals surface area contributed by atoms with Crippen LogP contribution >= 0.6 is 0 Å². The molecular formula is C14H30N2. The van der Waals surface area contributed by atoms with Crippen LogP contribution in [0.15, 0.2) is 0 Å². The van der Waals surface area contributed by atoms with Crippen molar-refractivity contribution < 1.29 is 0 Å². The third-order valence-corrected chi connectivity index (χ3v) is 4.25. The second kappa shape index (κ2) is 7.29. The minimum absolute atomic E-state index is 0.572. The first-order valence-electron chi connectivity index (χ1n) is 7.11. The van der Waals surface area contributed by atoms with Crippen LogP contribution in [0.2, 0.25) is 0 Å². The second-order valence-corrected chi connectivity index (χ2v) is 5.85. The Morgan fingerprint density at radius 3 is 2.50 bits per heavy atom. The van der Waals surface area contributed by atoms with Crippen molar-refractivity contribution in [3.63, 3.8) is 0 Å². The lowest BCUT2D eigenvalue weighted by Gasteiger charge is -2.34. The van der Waals surface area contributed by atoms with E-state index in [2.05, 4.69) is 19.2 Å². The molecule has 0 aromatic heterocycles. The molecule has 1 unspecified atom stereocenters. The molecule has 96 valence electrons. The molecule has 16 heavy (non-hydrogen) atoms. The number of hydrogen-bond acceptors (Lipinski definition) is 2. The lowest BCUT2D eigenvalue weighted by atomic mass is 9.76. The van der Waals surface area contributed by atoms with E-state index in [0.29, 0.717) is 11.3 Å². The van der Waals surface area contributed by atoms with Gasteiger partial charge in [0.05, 0.1) is 0 Å². The van der Waals surface area contributed by atoms with Crippen molar-refractivity contribution in [2.45, 2.75) is 58.8 Å². The molecule has 0 saturated heterocycles. The molecule has 1 aliphatic carbocycles. The summed E-state index contributed by atoms with van der Waals surface area (Å²) in [5, 5.41) is 3.64. The van der Waals surface area contributed by atoms with Crippen molar-refractivity contribution in [3.8, 4) is 0 Å². The Labute approximate surface area is 101 Å². The van der Waals surface area contributed by atoms with Crippen molar-refractivity contribution in [2.24, 2.45) is 17.1 Å². The number of nitrogens with one attached hydrogen (secondary N) is 1. The number of hydrogen-bond donors (Lipinski definition) is 2. The summed E-state index contributed by atoms with van der Waals surface area (Å²) in [6, 6.07) is 0. The van der Waals surface area contributed by atoms with Gasteiger partial charge in [0.25, 0.3) is 0 Å². The van der Waals surface area contributed by atoms with Gasteiger partial charge in [0.1, 0.15) is 0 Å².